The molecule has 12 nitrogen and oxygen atoms in total. The highest BCUT2D eigenvalue weighted by molar-refractivity contribution is 6.05. The van der Waals surface area contributed by atoms with Crippen LogP contribution in [0.2, 0.25) is 0 Å². The van der Waals surface area contributed by atoms with Gasteiger partial charge in [0, 0.05) is 50.5 Å². The normalized spacial score (nSPS) is 17.5. The smallest absolute Gasteiger partial charge is 0.407 e. The van der Waals surface area contributed by atoms with E-state index in [2.05, 4.69) is 10.6 Å². The van der Waals surface area contributed by atoms with Crippen LogP contribution in [0.1, 0.15) is 49.2 Å². The van der Waals surface area contributed by atoms with Crippen LogP contribution in [0.4, 0.5) is 16.2 Å². The Morgan fingerprint density at radius 3 is 2.46 bits per heavy atom. The van der Waals surface area contributed by atoms with Gasteiger partial charge in [-0.2, -0.15) is 0 Å². The van der Waals surface area contributed by atoms with Crippen molar-refractivity contribution >= 4 is 41.2 Å². The molecule has 1 fully saturated rings. The average molecular weight is 567 g/mol. The molecule has 2 unspecified atom stereocenters. The number of hydrogen-bond donors (Lipinski definition) is 2. The van der Waals surface area contributed by atoms with Crippen molar-refractivity contribution in [1.29, 1.82) is 0 Å². The van der Waals surface area contributed by atoms with Crippen molar-refractivity contribution in [3.63, 3.8) is 0 Å². The van der Waals surface area contributed by atoms with Crippen LogP contribution >= 0.6 is 0 Å². The van der Waals surface area contributed by atoms with E-state index in [0.717, 1.165) is 18.1 Å². The molecule has 2 aromatic rings. The lowest BCUT2D eigenvalue weighted by Crippen LogP contribution is -2.56. The first-order chi connectivity index (χ1) is 19.3. The summed E-state index contributed by atoms with van der Waals surface area (Å²) in [5, 5.41) is 5.31. The Morgan fingerprint density at radius 1 is 1.10 bits per heavy atom. The van der Waals surface area contributed by atoms with Gasteiger partial charge in [-0.1, -0.05) is 18.2 Å². The summed E-state index contributed by atoms with van der Waals surface area (Å²) in [6, 6.07) is 11.8. The van der Waals surface area contributed by atoms with Crippen LogP contribution in [0.15, 0.2) is 42.5 Å². The maximum absolute atomic E-state index is 13.5. The number of carbonyl (C=O) groups is 5. The molecule has 41 heavy (non-hydrogen) atoms. The monoisotopic (exact) mass is 566 g/mol. The number of nitrogens with zero attached hydrogens (tertiary/aromatic N) is 2. The quantitative estimate of drug-likeness (QED) is 0.487. The molecule has 218 valence electrons. The Kier molecular flexibility index (Phi) is 8.62. The van der Waals surface area contributed by atoms with E-state index in [-0.39, 0.29) is 25.6 Å². The second-order valence-corrected chi connectivity index (χ2v) is 10.9. The number of benzene rings is 2. The zero-order valence-corrected chi connectivity index (χ0v) is 23.7. The highest BCUT2D eigenvalue weighted by atomic mass is 16.6. The number of ether oxygens (including phenoxy) is 3. The van der Waals surface area contributed by atoms with Crippen LogP contribution in [0.3, 0.4) is 0 Å². The van der Waals surface area contributed by atoms with E-state index in [1.54, 1.807) is 75.2 Å². The molecular weight excluding hydrogens is 532 g/mol. The van der Waals surface area contributed by atoms with E-state index in [4.69, 9.17) is 14.2 Å². The van der Waals surface area contributed by atoms with Crippen molar-refractivity contribution in [3.05, 3.63) is 59.2 Å². The molecule has 2 aliphatic heterocycles. The van der Waals surface area contributed by atoms with Crippen molar-refractivity contribution < 1.29 is 38.2 Å². The van der Waals surface area contributed by atoms with Crippen LogP contribution < -0.4 is 15.5 Å². The molecule has 2 heterocycles. The Bertz CT molecular complexity index is 1350. The van der Waals surface area contributed by atoms with Gasteiger partial charge in [0.2, 0.25) is 6.10 Å². The average Bonchev–Trinajstić information content (AvgIpc) is 3.18. The van der Waals surface area contributed by atoms with Gasteiger partial charge in [-0.15, -0.1) is 0 Å². The summed E-state index contributed by atoms with van der Waals surface area (Å²) >= 11 is 0. The highest BCUT2D eigenvalue weighted by Crippen LogP contribution is 2.29. The molecule has 2 aliphatic rings. The Hall–Kier alpha value is -4.45. The molecular formula is C29H34N4O8. The number of amides is 4. The standard InChI is InChI=1S/C29H34N4O8/c1-17(34)40-23(25(35)31-20-9-6-18(7-10-20)15-30-28(38)41-29(2,3)4)24-27(37)33(12-13-39-24)21-11-8-19-16-32(5)26(36)22(19)14-21/h6-11,14,23-24H,12-13,15-16H2,1-5H3,(H,30,38)(H,31,35). The van der Waals surface area contributed by atoms with Crippen molar-refractivity contribution in [2.45, 2.75) is 58.6 Å². The van der Waals surface area contributed by atoms with E-state index < -0.39 is 41.7 Å². The van der Waals surface area contributed by atoms with Crippen LogP contribution in [-0.2, 0) is 41.7 Å². The number of nitrogens with one attached hydrogen (secondary N) is 2. The van der Waals surface area contributed by atoms with Gasteiger partial charge in [0.05, 0.1) is 6.61 Å². The number of carbonyl (C=O) groups excluding carboxylic acids is 5. The first-order valence-corrected chi connectivity index (χ1v) is 13.2. The Balaban J connectivity index is 1.44. The zero-order valence-electron chi connectivity index (χ0n) is 23.7. The molecule has 0 bridgehead atoms. The number of fused-ring (bicyclic) bond motifs is 1. The van der Waals surface area contributed by atoms with Crippen LogP contribution in [-0.4, -0.2) is 72.7 Å². The minimum absolute atomic E-state index is 0.0890. The van der Waals surface area contributed by atoms with E-state index in [0.29, 0.717) is 23.5 Å². The third kappa shape index (κ3) is 7.20. The number of morpholine rings is 1. The van der Waals surface area contributed by atoms with E-state index in [9.17, 15) is 24.0 Å². The molecule has 4 rings (SSSR count). The van der Waals surface area contributed by atoms with Gasteiger partial charge < -0.3 is 34.6 Å². The third-order valence-corrected chi connectivity index (χ3v) is 6.39. The molecule has 4 amide bonds. The number of esters is 1. The summed E-state index contributed by atoms with van der Waals surface area (Å²) in [7, 11) is 1.70. The van der Waals surface area contributed by atoms with Crippen molar-refractivity contribution in [3.8, 4) is 0 Å². The van der Waals surface area contributed by atoms with Crippen LogP contribution in [0.5, 0.6) is 0 Å². The maximum Gasteiger partial charge on any atom is 0.407 e. The van der Waals surface area contributed by atoms with Crippen molar-refractivity contribution in [2.75, 3.05) is 30.4 Å². The predicted molar refractivity (Wildman–Crippen MR) is 148 cm³/mol. The molecule has 0 aliphatic carbocycles. The van der Waals surface area contributed by atoms with Gasteiger partial charge in [0.1, 0.15) is 5.60 Å². The van der Waals surface area contributed by atoms with Gasteiger partial charge in [-0.3, -0.25) is 19.2 Å². The molecule has 0 aromatic heterocycles. The molecule has 2 N–H and O–H groups in total. The lowest BCUT2D eigenvalue weighted by atomic mass is 10.1. The number of anilines is 2. The minimum Gasteiger partial charge on any atom is -0.449 e. The zero-order chi connectivity index (χ0) is 29.9. The maximum atomic E-state index is 13.5. The third-order valence-electron chi connectivity index (χ3n) is 6.39. The molecule has 0 radical (unpaired) electrons. The molecule has 0 spiro atoms. The Morgan fingerprint density at radius 2 is 1.80 bits per heavy atom. The first kappa shape index (κ1) is 29.5. The summed E-state index contributed by atoms with van der Waals surface area (Å²) in [6.07, 6.45) is -3.50. The predicted octanol–water partition coefficient (Wildman–Crippen LogP) is 2.60. The first-order valence-electron chi connectivity index (χ1n) is 13.2. The Labute approximate surface area is 237 Å². The molecule has 12 heteroatoms. The van der Waals surface area contributed by atoms with Crippen molar-refractivity contribution in [2.24, 2.45) is 0 Å². The minimum atomic E-state index is -1.56. The van der Waals surface area contributed by atoms with Crippen LogP contribution in [0, 0.1) is 0 Å². The number of hydrogen-bond acceptors (Lipinski definition) is 8. The summed E-state index contributed by atoms with van der Waals surface area (Å²) in [4.78, 5) is 66.0. The molecule has 2 atom stereocenters. The van der Waals surface area contributed by atoms with Crippen LogP contribution in [0.25, 0.3) is 0 Å². The van der Waals surface area contributed by atoms with Gasteiger partial charge in [0.15, 0.2) is 6.10 Å². The van der Waals surface area contributed by atoms with E-state index in [1.165, 1.54) is 4.90 Å². The van der Waals surface area contributed by atoms with Gasteiger partial charge in [0.25, 0.3) is 17.7 Å². The summed E-state index contributed by atoms with van der Waals surface area (Å²) < 4.78 is 16.1. The molecule has 0 saturated carbocycles. The number of alkyl carbamates (subject to hydrolysis) is 1. The topological polar surface area (TPSA) is 144 Å². The largest absolute Gasteiger partial charge is 0.449 e. The lowest BCUT2D eigenvalue weighted by Gasteiger charge is -2.35. The summed E-state index contributed by atoms with van der Waals surface area (Å²) in [6.45, 7) is 7.44. The summed E-state index contributed by atoms with van der Waals surface area (Å²) in [5.41, 5.74) is 2.39. The van der Waals surface area contributed by atoms with E-state index in [1.807, 2.05) is 0 Å². The van der Waals surface area contributed by atoms with E-state index >= 15 is 0 Å². The number of rotatable bonds is 7. The van der Waals surface area contributed by atoms with Gasteiger partial charge in [-0.05, 0) is 56.2 Å². The fourth-order valence-corrected chi connectivity index (χ4v) is 4.52. The highest BCUT2D eigenvalue weighted by Gasteiger charge is 2.43. The second-order valence-electron chi connectivity index (χ2n) is 10.9. The van der Waals surface area contributed by atoms with Crippen molar-refractivity contribution in [1.82, 2.24) is 10.2 Å². The fourth-order valence-electron chi connectivity index (χ4n) is 4.52. The van der Waals surface area contributed by atoms with Gasteiger partial charge in [-0.25, -0.2) is 4.79 Å². The summed E-state index contributed by atoms with van der Waals surface area (Å²) in [5.74, 6) is -2.21. The van der Waals surface area contributed by atoms with Gasteiger partial charge >= 0.3 is 12.1 Å². The SMILES string of the molecule is CC(=O)OC(C(=O)Nc1ccc(CNC(=O)OC(C)(C)C)cc1)C1OCCN(c2ccc3c(c2)C(=O)N(C)C3)C1=O. The molecule has 1 saturated heterocycles. The fraction of sp³-hybridized carbons (Fsp3) is 0.414. The molecule has 2 aromatic carbocycles. The lowest BCUT2D eigenvalue weighted by molar-refractivity contribution is -0.167. The second kappa shape index (κ2) is 12.0.